The maximum absolute atomic E-state index is 11.3. The number of nitrogens with zero attached hydrogens (tertiary/aromatic N) is 4. The summed E-state index contributed by atoms with van der Waals surface area (Å²) in [4.78, 5) is 11.3. The first-order chi connectivity index (χ1) is 9.50. The van der Waals surface area contributed by atoms with Gasteiger partial charge in [0, 0.05) is 5.39 Å². The Morgan fingerprint density at radius 1 is 1.35 bits per heavy atom. The normalized spacial score (nSPS) is 11.9. The zero-order valence-electron chi connectivity index (χ0n) is 10.9. The van der Waals surface area contributed by atoms with Gasteiger partial charge < -0.3 is 9.52 Å². The number of benzene rings is 1. The Morgan fingerprint density at radius 2 is 2.10 bits per heavy atom. The molecule has 20 heavy (non-hydrogen) atoms. The van der Waals surface area contributed by atoms with Gasteiger partial charge in [-0.2, -0.15) is 0 Å². The first kappa shape index (κ1) is 12.3. The predicted octanol–water partition coefficient (Wildman–Crippen LogP) is 1.91. The second-order valence-corrected chi connectivity index (χ2v) is 4.93. The minimum absolute atomic E-state index is 0.286. The van der Waals surface area contributed by atoms with Gasteiger partial charge in [0.25, 0.3) is 0 Å². The topological polar surface area (TPSA) is 94.0 Å². The lowest BCUT2D eigenvalue weighted by Crippen LogP contribution is -2.37. The average molecular weight is 272 g/mol. The van der Waals surface area contributed by atoms with Gasteiger partial charge in [-0.15, -0.1) is 5.10 Å². The van der Waals surface area contributed by atoms with E-state index < -0.39 is 11.5 Å². The van der Waals surface area contributed by atoms with E-state index in [9.17, 15) is 9.90 Å². The van der Waals surface area contributed by atoms with Crippen molar-refractivity contribution in [1.29, 1.82) is 0 Å². The van der Waals surface area contributed by atoms with Crippen molar-refractivity contribution < 1.29 is 14.3 Å². The monoisotopic (exact) mass is 272 g/mol. The molecule has 0 radical (unpaired) electrons. The van der Waals surface area contributed by atoms with Crippen LogP contribution in [0.25, 0.3) is 22.6 Å². The molecule has 0 bridgehead atoms. The number of furan rings is 1. The lowest BCUT2D eigenvalue weighted by Gasteiger charge is -2.19. The van der Waals surface area contributed by atoms with E-state index in [0.717, 1.165) is 5.39 Å². The number of rotatable bonds is 3. The average Bonchev–Trinajstić information content (AvgIpc) is 3.04. The summed E-state index contributed by atoms with van der Waals surface area (Å²) in [7, 11) is 0. The van der Waals surface area contributed by atoms with Crippen LogP contribution in [0.3, 0.4) is 0 Å². The third kappa shape index (κ3) is 1.75. The number of tetrazole rings is 1. The predicted molar refractivity (Wildman–Crippen MR) is 70.0 cm³/mol. The van der Waals surface area contributed by atoms with E-state index in [1.807, 2.05) is 24.3 Å². The van der Waals surface area contributed by atoms with Gasteiger partial charge in [0.15, 0.2) is 11.3 Å². The second-order valence-electron chi connectivity index (χ2n) is 4.93. The van der Waals surface area contributed by atoms with E-state index in [-0.39, 0.29) is 5.82 Å². The molecular weight excluding hydrogens is 260 g/mol. The summed E-state index contributed by atoms with van der Waals surface area (Å²) in [5, 5.41) is 21.4. The van der Waals surface area contributed by atoms with Crippen molar-refractivity contribution in [3.8, 4) is 11.6 Å². The minimum atomic E-state index is -1.27. The van der Waals surface area contributed by atoms with Crippen LogP contribution in [-0.2, 0) is 10.3 Å². The Balaban J connectivity index is 2.16. The molecule has 0 spiro atoms. The van der Waals surface area contributed by atoms with Crippen LogP contribution in [0.1, 0.15) is 13.8 Å². The third-order valence-corrected chi connectivity index (χ3v) is 3.17. The summed E-state index contributed by atoms with van der Waals surface area (Å²) in [6, 6.07) is 9.27. The first-order valence-corrected chi connectivity index (χ1v) is 6.01. The van der Waals surface area contributed by atoms with Crippen LogP contribution in [-0.4, -0.2) is 31.3 Å². The number of para-hydroxylation sites is 1. The summed E-state index contributed by atoms with van der Waals surface area (Å²) in [5.41, 5.74) is -0.567. The molecule has 0 amide bonds. The SMILES string of the molecule is CC(C)(C(=O)O)n1nnnc1-c1cc2ccccc2o1. The lowest BCUT2D eigenvalue weighted by molar-refractivity contribution is -0.146. The molecule has 0 aliphatic rings. The molecular formula is C13H12N4O3. The van der Waals surface area contributed by atoms with Crippen molar-refractivity contribution in [3.05, 3.63) is 30.3 Å². The highest BCUT2D eigenvalue weighted by Gasteiger charge is 2.34. The van der Waals surface area contributed by atoms with Crippen molar-refractivity contribution >= 4 is 16.9 Å². The molecule has 3 aromatic rings. The highest BCUT2D eigenvalue weighted by Crippen LogP contribution is 2.28. The largest absolute Gasteiger partial charge is 0.479 e. The highest BCUT2D eigenvalue weighted by molar-refractivity contribution is 5.82. The summed E-state index contributed by atoms with van der Waals surface area (Å²) >= 11 is 0. The van der Waals surface area contributed by atoms with Crippen molar-refractivity contribution in [3.63, 3.8) is 0 Å². The van der Waals surface area contributed by atoms with Gasteiger partial charge in [-0.1, -0.05) is 18.2 Å². The minimum Gasteiger partial charge on any atom is -0.479 e. The van der Waals surface area contributed by atoms with Crippen LogP contribution < -0.4 is 0 Å². The van der Waals surface area contributed by atoms with Crippen LogP contribution in [0.2, 0.25) is 0 Å². The Morgan fingerprint density at radius 3 is 2.80 bits per heavy atom. The molecule has 7 heteroatoms. The van der Waals surface area contributed by atoms with Gasteiger partial charge in [-0.25, -0.2) is 9.48 Å². The van der Waals surface area contributed by atoms with Crippen molar-refractivity contribution in [1.82, 2.24) is 20.2 Å². The smallest absolute Gasteiger partial charge is 0.331 e. The number of hydrogen-bond donors (Lipinski definition) is 1. The number of aliphatic carboxylic acids is 1. The van der Waals surface area contributed by atoms with Crippen molar-refractivity contribution in [2.75, 3.05) is 0 Å². The fourth-order valence-corrected chi connectivity index (χ4v) is 1.90. The molecule has 7 nitrogen and oxygen atoms in total. The molecule has 0 saturated carbocycles. The Labute approximate surface area is 113 Å². The summed E-state index contributed by atoms with van der Waals surface area (Å²) < 4.78 is 6.91. The molecule has 2 heterocycles. The van der Waals surface area contributed by atoms with Crippen LogP contribution in [0.15, 0.2) is 34.7 Å². The van der Waals surface area contributed by atoms with Gasteiger partial charge >= 0.3 is 5.97 Å². The third-order valence-electron chi connectivity index (χ3n) is 3.17. The molecule has 0 aliphatic heterocycles. The summed E-state index contributed by atoms with van der Waals surface area (Å²) in [5.74, 6) is -0.304. The van der Waals surface area contributed by atoms with Crippen LogP contribution in [0, 0.1) is 0 Å². The van der Waals surface area contributed by atoms with Gasteiger partial charge in [-0.3, -0.25) is 0 Å². The van der Waals surface area contributed by atoms with Crippen molar-refractivity contribution in [2.24, 2.45) is 0 Å². The molecule has 0 unspecified atom stereocenters. The zero-order chi connectivity index (χ0) is 14.3. The Hall–Kier alpha value is -2.70. The van der Waals surface area contributed by atoms with E-state index in [0.29, 0.717) is 11.3 Å². The second kappa shape index (κ2) is 4.16. The van der Waals surface area contributed by atoms with Crippen LogP contribution >= 0.6 is 0 Å². The fourth-order valence-electron chi connectivity index (χ4n) is 1.90. The molecule has 0 fully saturated rings. The first-order valence-electron chi connectivity index (χ1n) is 6.01. The fraction of sp³-hybridized carbons (Fsp3) is 0.231. The standard InChI is InChI=1S/C13H12N4O3/c1-13(2,12(18)19)17-11(14-15-16-17)10-7-8-5-3-4-6-9(8)20-10/h3-7H,1-2H3,(H,18,19). The van der Waals surface area contributed by atoms with Gasteiger partial charge in [-0.05, 0) is 36.4 Å². The molecule has 2 aromatic heterocycles. The molecule has 102 valence electrons. The maximum atomic E-state index is 11.3. The number of hydrogen-bond acceptors (Lipinski definition) is 5. The number of carboxylic acids is 1. The van der Waals surface area contributed by atoms with Gasteiger partial charge in [0.05, 0.1) is 0 Å². The van der Waals surface area contributed by atoms with Crippen LogP contribution in [0.5, 0.6) is 0 Å². The summed E-state index contributed by atoms with van der Waals surface area (Å²) in [6.07, 6.45) is 0. The van der Waals surface area contributed by atoms with E-state index in [4.69, 9.17) is 4.42 Å². The van der Waals surface area contributed by atoms with Crippen molar-refractivity contribution in [2.45, 2.75) is 19.4 Å². The van der Waals surface area contributed by atoms with E-state index in [1.165, 1.54) is 18.5 Å². The molecule has 0 atom stereocenters. The number of fused-ring (bicyclic) bond motifs is 1. The molecule has 1 N–H and O–H groups in total. The number of aromatic nitrogens is 4. The number of carbonyl (C=O) groups is 1. The molecule has 0 saturated heterocycles. The Kier molecular flexibility index (Phi) is 2.56. The van der Waals surface area contributed by atoms with Gasteiger partial charge in [0.1, 0.15) is 5.58 Å². The van der Waals surface area contributed by atoms with E-state index in [1.54, 1.807) is 6.07 Å². The van der Waals surface area contributed by atoms with Gasteiger partial charge in [0.2, 0.25) is 5.82 Å². The Bertz CT molecular complexity index is 755. The lowest BCUT2D eigenvalue weighted by atomic mass is 10.1. The number of carboxylic acid groups (broad SMARTS) is 1. The zero-order valence-corrected chi connectivity index (χ0v) is 10.9. The highest BCUT2D eigenvalue weighted by atomic mass is 16.4. The quantitative estimate of drug-likeness (QED) is 0.782. The summed E-state index contributed by atoms with van der Waals surface area (Å²) in [6.45, 7) is 3.05. The van der Waals surface area contributed by atoms with Crippen LogP contribution in [0.4, 0.5) is 0 Å². The van der Waals surface area contributed by atoms with E-state index in [2.05, 4.69) is 15.5 Å². The molecule has 0 aliphatic carbocycles. The van der Waals surface area contributed by atoms with E-state index >= 15 is 0 Å². The molecule has 3 rings (SSSR count). The maximum Gasteiger partial charge on any atom is 0.331 e. The molecule has 1 aromatic carbocycles.